The third-order valence-electron chi connectivity index (χ3n) is 7.05. The number of ether oxygens (including phenoxy) is 5. The van der Waals surface area contributed by atoms with E-state index in [4.69, 9.17) is 23.7 Å². The summed E-state index contributed by atoms with van der Waals surface area (Å²) in [5, 5.41) is 0. The molecule has 0 bridgehead atoms. The van der Waals surface area contributed by atoms with E-state index in [-0.39, 0.29) is 17.7 Å². The Labute approximate surface area is 227 Å². The number of fused-ring (bicyclic) bond motifs is 1. The number of hydrogen-bond donors (Lipinski definition) is 0. The zero-order chi connectivity index (χ0) is 27.6. The monoisotopic (exact) mass is 558 g/mol. The Balaban J connectivity index is 1.40. The van der Waals surface area contributed by atoms with Gasteiger partial charge in [-0.3, -0.25) is 9.21 Å². The molecule has 5 rings (SSSR count). The number of anilines is 1. The molecular formula is C28H31FN2O7S. The van der Waals surface area contributed by atoms with Crippen molar-refractivity contribution in [2.45, 2.75) is 30.3 Å². The van der Waals surface area contributed by atoms with Crippen LogP contribution in [-0.4, -0.2) is 60.6 Å². The highest BCUT2D eigenvalue weighted by molar-refractivity contribution is 7.92. The molecule has 0 saturated carbocycles. The summed E-state index contributed by atoms with van der Waals surface area (Å²) in [6.45, 7) is 2.00. The fourth-order valence-electron chi connectivity index (χ4n) is 5.13. The van der Waals surface area contributed by atoms with Gasteiger partial charge in [-0.05, 0) is 55.3 Å². The second kappa shape index (κ2) is 11.2. The van der Waals surface area contributed by atoms with Gasteiger partial charge in [0, 0.05) is 37.3 Å². The van der Waals surface area contributed by atoms with Crippen LogP contribution in [0.3, 0.4) is 0 Å². The number of nitrogens with zero attached hydrogens (tertiary/aromatic N) is 2. The van der Waals surface area contributed by atoms with Gasteiger partial charge in [0.05, 0.1) is 31.9 Å². The maximum atomic E-state index is 13.9. The van der Waals surface area contributed by atoms with E-state index in [0.29, 0.717) is 66.9 Å². The SMILES string of the molecule is COc1ccc(CN2CCC(N(c3ccc4c(c3)OCO4)S(=O)(=O)c3ccc(F)cc3)CC2)c(OC)c1OC. The van der Waals surface area contributed by atoms with Crippen LogP contribution in [0.1, 0.15) is 18.4 Å². The maximum absolute atomic E-state index is 13.9. The maximum Gasteiger partial charge on any atom is 0.264 e. The number of benzene rings is 3. The number of sulfonamides is 1. The summed E-state index contributed by atoms with van der Waals surface area (Å²) < 4.78 is 70.3. The topological polar surface area (TPSA) is 86.8 Å². The van der Waals surface area contributed by atoms with Crippen LogP contribution in [0.2, 0.25) is 0 Å². The van der Waals surface area contributed by atoms with Crippen molar-refractivity contribution >= 4 is 15.7 Å². The first kappa shape index (κ1) is 26.9. The number of likely N-dealkylation sites (tertiary alicyclic amines) is 1. The van der Waals surface area contributed by atoms with Gasteiger partial charge < -0.3 is 23.7 Å². The normalized spacial score (nSPS) is 15.7. The van der Waals surface area contributed by atoms with Crippen molar-refractivity contribution in [3.8, 4) is 28.7 Å². The van der Waals surface area contributed by atoms with Crippen molar-refractivity contribution in [1.29, 1.82) is 0 Å². The lowest BCUT2D eigenvalue weighted by atomic mass is 10.0. The Hall–Kier alpha value is -3.70. The largest absolute Gasteiger partial charge is 0.493 e. The van der Waals surface area contributed by atoms with Crippen LogP contribution < -0.4 is 28.0 Å². The number of halogens is 1. The zero-order valence-electron chi connectivity index (χ0n) is 22.1. The van der Waals surface area contributed by atoms with Crippen LogP contribution in [0.5, 0.6) is 28.7 Å². The molecule has 0 spiro atoms. The van der Waals surface area contributed by atoms with Crippen LogP contribution >= 0.6 is 0 Å². The summed E-state index contributed by atoms with van der Waals surface area (Å²) in [5.74, 6) is 2.29. The van der Waals surface area contributed by atoms with E-state index in [1.807, 2.05) is 12.1 Å². The molecule has 0 aliphatic carbocycles. The van der Waals surface area contributed by atoms with Crippen molar-refractivity contribution < 1.29 is 36.5 Å². The summed E-state index contributed by atoms with van der Waals surface area (Å²) in [4.78, 5) is 2.28. The first-order chi connectivity index (χ1) is 18.8. The summed E-state index contributed by atoms with van der Waals surface area (Å²) in [5.41, 5.74) is 1.42. The molecule has 0 unspecified atom stereocenters. The minimum Gasteiger partial charge on any atom is -0.493 e. The molecule has 3 aromatic rings. The van der Waals surface area contributed by atoms with Gasteiger partial charge in [0.25, 0.3) is 10.0 Å². The van der Waals surface area contributed by atoms with Crippen LogP contribution in [0.15, 0.2) is 59.5 Å². The highest BCUT2D eigenvalue weighted by atomic mass is 32.2. The van der Waals surface area contributed by atoms with E-state index < -0.39 is 15.8 Å². The van der Waals surface area contributed by atoms with Gasteiger partial charge in [0.15, 0.2) is 23.0 Å². The number of rotatable bonds is 9. The number of piperidine rings is 1. The number of hydrogen-bond acceptors (Lipinski definition) is 8. The second-order valence-electron chi connectivity index (χ2n) is 9.29. The van der Waals surface area contributed by atoms with E-state index in [2.05, 4.69) is 4.90 Å². The molecule has 3 aromatic carbocycles. The molecular weight excluding hydrogens is 527 g/mol. The molecule has 208 valence electrons. The summed E-state index contributed by atoms with van der Waals surface area (Å²) >= 11 is 0. The second-order valence-corrected chi connectivity index (χ2v) is 11.1. The van der Waals surface area contributed by atoms with Crippen molar-refractivity contribution in [3.05, 3.63) is 66.0 Å². The van der Waals surface area contributed by atoms with Crippen LogP contribution in [0.25, 0.3) is 0 Å². The summed E-state index contributed by atoms with van der Waals surface area (Å²) in [7, 11) is 0.752. The molecule has 0 aromatic heterocycles. The third-order valence-corrected chi connectivity index (χ3v) is 8.94. The summed E-state index contributed by atoms with van der Waals surface area (Å²) in [6, 6.07) is 13.5. The lowest BCUT2D eigenvalue weighted by Gasteiger charge is -2.39. The molecule has 2 aliphatic rings. The van der Waals surface area contributed by atoms with Gasteiger partial charge in [-0.1, -0.05) is 6.07 Å². The van der Waals surface area contributed by atoms with Crippen molar-refractivity contribution in [2.75, 3.05) is 45.5 Å². The molecule has 2 aliphatic heterocycles. The third kappa shape index (κ3) is 5.28. The quantitative estimate of drug-likeness (QED) is 0.381. The predicted molar refractivity (Wildman–Crippen MR) is 143 cm³/mol. The molecule has 0 atom stereocenters. The highest BCUT2D eigenvalue weighted by Gasteiger charge is 2.35. The predicted octanol–water partition coefficient (Wildman–Crippen LogP) is 4.44. The van der Waals surface area contributed by atoms with E-state index in [0.717, 1.165) is 17.7 Å². The van der Waals surface area contributed by atoms with E-state index in [1.165, 1.54) is 16.4 Å². The minimum atomic E-state index is -3.99. The van der Waals surface area contributed by atoms with E-state index in [1.54, 1.807) is 39.5 Å². The molecule has 2 heterocycles. The van der Waals surface area contributed by atoms with Crippen molar-refractivity contribution in [3.63, 3.8) is 0 Å². The average molecular weight is 559 g/mol. The lowest BCUT2D eigenvalue weighted by Crippen LogP contribution is -2.47. The van der Waals surface area contributed by atoms with Gasteiger partial charge >= 0.3 is 0 Å². The molecule has 0 radical (unpaired) electrons. The fraction of sp³-hybridized carbons (Fsp3) is 0.357. The van der Waals surface area contributed by atoms with Crippen molar-refractivity contribution in [1.82, 2.24) is 4.90 Å². The van der Waals surface area contributed by atoms with Gasteiger partial charge in [-0.15, -0.1) is 0 Å². The van der Waals surface area contributed by atoms with Gasteiger partial charge in [-0.2, -0.15) is 0 Å². The molecule has 1 saturated heterocycles. The van der Waals surface area contributed by atoms with E-state index >= 15 is 0 Å². The molecule has 9 nitrogen and oxygen atoms in total. The van der Waals surface area contributed by atoms with E-state index in [9.17, 15) is 12.8 Å². The average Bonchev–Trinajstić information content (AvgIpc) is 3.42. The lowest BCUT2D eigenvalue weighted by molar-refractivity contribution is 0.174. The first-order valence-electron chi connectivity index (χ1n) is 12.6. The van der Waals surface area contributed by atoms with Gasteiger partial charge in [0.1, 0.15) is 5.82 Å². The number of methoxy groups -OCH3 is 3. The molecule has 11 heteroatoms. The molecule has 0 amide bonds. The Bertz CT molecular complexity index is 1420. The van der Waals surface area contributed by atoms with Crippen LogP contribution in [0.4, 0.5) is 10.1 Å². The molecule has 0 N–H and O–H groups in total. The Morgan fingerprint density at radius 3 is 2.26 bits per heavy atom. The summed E-state index contributed by atoms with van der Waals surface area (Å²) in [6.07, 6.45) is 1.18. The Morgan fingerprint density at radius 1 is 0.897 bits per heavy atom. The first-order valence-corrected chi connectivity index (χ1v) is 14.0. The van der Waals surface area contributed by atoms with Crippen molar-refractivity contribution in [2.24, 2.45) is 0 Å². The Morgan fingerprint density at radius 2 is 1.59 bits per heavy atom. The standard InChI is InChI=1S/C28H31FN2O7S/c1-34-25-10-4-19(27(35-2)28(25)36-3)17-30-14-12-21(13-15-30)31(22-7-11-24-26(16-22)38-18-37-24)39(32,33)23-8-5-20(29)6-9-23/h4-11,16,21H,12-15,17-18H2,1-3H3. The molecule has 39 heavy (non-hydrogen) atoms. The van der Waals surface area contributed by atoms with Crippen LogP contribution in [-0.2, 0) is 16.6 Å². The smallest absolute Gasteiger partial charge is 0.264 e. The fourth-order valence-corrected chi connectivity index (χ4v) is 6.83. The highest BCUT2D eigenvalue weighted by Crippen LogP contribution is 2.41. The van der Waals surface area contributed by atoms with Crippen LogP contribution in [0, 0.1) is 5.82 Å². The minimum absolute atomic E-state index is 0.0269. The Kier molecular flexibility index (Phi) is 7.72. The van der Waals surface area contributed by atoms with Gasteiger partial charge in [-0.25, -0.2) is 12.8 Å². The zero-order valence-corrected chi connectivity index (χ0v) is 22.9. The molecule has 1 fully saturated rings. The van der Waals surface area contributed by atoms with Gasteiger partial charge in [0.2, 0.25) is 12.5 Å².